The van der Waals surface area contributed by atoms with Crippen LogP contribution in [-0.2, 0) is 11.3 Å². The smallest absolute Gasteiger partial charge is 0.203 e. The van der Waals surface area contributed by atoms with Crippen molar-refractivity contribution in [3.05, 3.63) is 5.01 Å². The quantitative estimate of drug-likeness (QED) is 0.831. The van der Waals surface area contributed by atoms with E-state index in [4.69, 9.17) is 10.5 Å². The maximum atomic E-state index is 5.78. The van der Waals surface area contributed by atoms with Gasteiger partial charge in [0.25, 0.3) is 0 Å². The Labute approximate surface area is 98.6 Å². The highest BCUT2D eigenvalue weighted by Gasteiger charge is 2.36. The molecule has 16 heavy (non-hydrogen) atoms. The lowest BCUT2D eigenvalue weighted by molar-refractivity contribution is -0.0588. The number of fused-ring (bicyclic) bond motifs is 1. The van der Waals surface area contributed by atoms with E-state index in [0.717, 1.165) is 24.7 Å². The Morgan fingerprint density at radius 2 is 2.38 bits per heavy atom. The molecule has 2 heterocycles. The first-order chi connectivity index (χ1) is 7.83. The third kappa shape index (κ3) is 1.92. The third-order valence-electron chi connectivity index (χ3n) is 3.42. The summed E-state index contributed by atoms with van der Waals surface area (Å²) in [7, 11) is 0. The van der Waals surface area contributed by atoms with Crippen molar-refractivity contribution in [2.24, 2.45) is 0 Å². The van der Waals surface area contributed by atoms with Crippen molar-refractivity contribution >= 4 is 16.5 Å². The molecule has 2 N–H and O–H groups in total. The van der Waals surface area contributed by atoms with Crippen LogP contribution >= 0.6 is 11.3 Å². The van der Waals surface area contributed by atoms with Gasteiger partial charge in [0, 0.05) is 12.6 Å². The molecule has 3 rings (SSSR count). The van der Waals surface area contributed by atoms with Crippen LogP contribution in [-0.4, -0.2) is 40.4 Å². The number of nitrogens with zero attached hydrogens (tertiary/aromatic N) is 3. The molecule has 88 valence electrons. The Bertz CT molecular complexity index is 369. The molecule has 2 atom stereocenters. The second-order valence-corrected chi connectivity index (χ2v) is 5.51. The molecule has 5 nitrogen and oxygen atoms in total. The lowest BCUT2D eigenvalue weighted by atomic mass is 10.1. The second kappa shape index (κ2) is 4.27. The Morgan fingerprint density at radius 1 is 1.44 bits per heavy atom. The number of nitrogen functional groups attached to an aromatic ring is 1. The molecule has 1 aliphatic carbocycles. The summed E-state index contributed by atoms with van der Waals surface area (Å²) in [5.41, 5.74) is 5.59. The van der Waals surface area contributed by atoms with E-state index in [1.165, 1.54) is 30.6 Å². The molecule has 0 spiro atoms. The van der Waals surface area contributed by atoms with E-state index in [0.29, 0.717) is 17.3 Å². The van der Waals surface area contributed by atoms with Gasteiger partial charge in [-0.25, -0.2) is 0 Å². The maximum Gasteiger partial charge on any atom is 0.203 e. The van der Waals surface area contributed by atoms with Crippen molar-refractivity contribution in [1.29, 1.82) is 0 Å². The van der Waals surface area contributed by atoms with Gasteiger partial charge in [-0.05, 0) is 19.3 Å². The van der Waals surface area contributed by atoms with E-state index in [1.807, 2.05) is 0 Å². The number of hydrogen-bond acceptors (Lipinski definition) is 6. The molecule has 0 amide bonds. The van der Waals surface area contributed by atoms with E-state index in [1.54, 1.807) is 0 Å². The van der Waals surface area contributed by atoms with Crippen LogP contribution in [0.25, 0.3) is 0 Å². The fraction of sp³-hybridized carbons (Fsp3) is 0.800. The maximum absolute atomic E-state index is 5.78. The standard InChI is InChI=1S/C10H16N4OS/c11-10-13-12-9(16-10)6-14-4-5-15-8-3-1-2-7(8)14/h7-8H,1-6H2,(H2,11,13). The number of rotatable bonds is 2. The van der Waals surface area contributed by atoms with Crippen molar-refractivity contribution < 1.29 is 4.74 Å². The van der Waals surface area contributed by atoms with Gasteiger partial charge >= 0.3 is 0 Å². The number of morpholine rings is 1. The topological polar surface area (TPSA) is 64.3 Å². The van der Waals surface area contributed by atoms with Crippen molar-refractivity contribution in [2.45, 2.75) is 38.0 Å². The normalized spacial score (nSPS) is 30.5. The summed E-state index contributed by atoms with van der Waals surface area (Å²) in [4.78, 5) is 2.47. The molecule has 1 saturated heterocycles. The van der Waals surface area contributed by atoms with E-state index in [9.17, 15) is 0 Å². The summed E-state index contributed by atoms with van der Waals surface area (Å²) in [5, 5.41) is 9.52. The summed E-state index contributed by atoms with van der Waals surface area (Å²) in [6.07, 6.45) is 4.18. The molecule has 1 aromatic rings. The van der Waals surface area contributed by atoms with Crippen molar-refractivity contribution in [3.63, 3.8) is 0 Å². The van der Waals surface area contributed by atoms with Crippen LogP contribution in [0.4, 0.5) is 5.13 Å². The minimum Gasteiger partial charge on any atom is -0.375 e. The molecule has 0 aromatic carbocycles. The zero-order chi connectivity index (χ0) is 11.0. The molecule has 1 saturated carbocycles. The van der Waals surface area contributed by atoms with E-state index in [-0.39, 0.29) is 0 Å². The van der Waals surface area contributed by atoms with Crippen LogP contribution in [0.1, 0.15) is 24.3 Å². The third-order valence-corrected chi connectivity index (χ3v) is 4.16. The first kappa shape index (κ1) is 10.4. The molecular formula is C10H16N4OS. The summed E-state index contributed by atoms with van der Waals surface area (Å²) in [5.74, 6) is 0. The molecular weight excluding hydrogens is 224 g/mol. The summed E-state index contributed by atoms with van der Waals surface area (Å²) in [6.45, 7) is 2.72. The largest absolute Gasteiger partial charge is 0.375 e. The zero-order valence-corrected chi connectivity index (χ0v) is 9.95. The van der Waals surface area contributed by atoms with Crippen LogP contribution in [0.15, 0.2) is 0 Å². The molecule has 2 unspecified atom stereocenters. The number of nitrogens with two attached hydrogens (primary N) is 1. The van der Waals surface area contributed by atoms with Crippen LogP contribution in [0, 0.1) is 0 Å². The minimum atomic E-state index is 0.444. The number of aromatic nitrogens is 2. The van der Waals surface area contributed by atoms with Crippen molar-refractivity contribution in [3.8, 4) is 0 Å². The SMILES string of the molecule is Nc1nnc(CN2CCOC3CCCC32)s1. The van der Waals surface area contributed by atoms with Crippen LogP contribution in [0.2, 0.25) is 0 Å². The van der Waals surface area contributed by atoms with Crippen LogP contribution in [0.5, 0.6) is 0 Å². The van der Waals surface area contributed by atoms with E-state index >= 15 is 0 Å². The summed E-state index contributed by atoms with van der Waals surface area (Å²) in [6, 6.07) is 0.582. The van der Waals surface area contributed by atoms with E-state index < -0.39 is 0 Å². The Hall–Kier alpha value is -0.720. The van der Waals surface area contributed by atoms with Gasteiger partial charge in [-0.2, -0.15) is 0 Å². The van der Waals surface area contributed by atoms with Gasteiger partial charge < -0.3 is 10.5 Å². The average Bonchev–Trinajstić information content (AvgIpc) is 2.87. The first-order valence-corrected chi connectivity index (χ1v) is 6.58. The minimum absolute atomic E-state index is 0.444. The summed E-state index contributed by atoms with van der Waals surface area (Å²) >= 11 is 1.49. The highest BCUT2D eigenvalue weighted by Crippen LogP contribution is 2.30. The van der Waals surface area contributed by atoms with Gasteiger partial charge in [0.2, 0.25) is 5.13 Å². The highest BCUT2D eigenvalue weighted by atomic mass is 32.1. The molecule has 0 bridgehead atoms. The van der Waals surface area contributed by atoms with Crippen molar-refractivity contribution in [2.75, 3.05) is 18.9 Å². The molecule has 1 aromatic heterocycles. The molecule has 6 heteroatoms. The lowest BCUT2D eigenvalue weighted by Gasteiger charge is -2.36. The number of anilines is 1. The lowest BCUT2D eigenvalue weighted by Crippen LogP contribution is -2.47. The fourth-order valence-electron chi connectivity index (χ4n) is 2.71. The summed E-state index contributed by atoms with van der Waals surface area (Å²) < 4.78 is 5.78. The number of ether oxygens (including phenoxy) is 1. The average molecular weight is 240 g/mol. The zero-order valence-electron chi connectivity index (χ0n) is 9.13. The molecule has 1 aliphatic heterocycles. The predicted octanol–water partition coefficient (Wildman–Crippen LogP) is 0.874. The van der Waals surface area contributed by atoms with Crippen LogP contribution in [0.3, 0.4) is 0 Å². The van der Waals surface area contributed by atoms with Gasteiger partial charge in [-0.15, -0.1) is 10.2 Å². The highest BCUT2D eigenvalue weighted by molar-refractivity contribution is 7.15. The van der Waals surface area contributed by atoms with Crippen molar-refractivity contribution in [1.82, 2.24) is 15.1 Å². The Kier molecular flexibility index (Phi) is 2.79. The van der Waals surface area contributed by atoms with Gasteiger partial charge in [0.05, 0.1) is 19.3 Å². The van der Waals surface area contributed by atoms with Gasteiger partial charge in [-0.3, -0.25) is 4.90 Å². The fourth-order valence-corrected chi connectivity index (χ4v) is 3.34. The Balaban J connectivity index is 1.69. The Morgan fingerprint density at radius 3 is 3.19 bits per heavy atom. The monoisotopic (exact) mass is 240 g/mol. The van der Waals surface area contributed by atoms with E-state index in [2.05, 4.69) is 15.1 Å². The van der Waals surface area contributed by atoms with Gasteiger partial charge in [-0.1, -0.05) is 11.3 Å². The molecule has 2 fully saturated rings. The van der Waals surface area contributed by atoms with Gasteiger partial charge in [0.15, 0.2) is 0 Å². The second-order valence-electron chi connectivity index (χ2n) is 4.41. The van der Waals surface area contributed by atoms with Crippen LogP contribution < -0.4 is 5.73 Å². The molecule has 2 aliphatic rings. The molecule has 0 radical (unpaired) electrons. The van der Waals surface area contributed by atoms with Gasteiger partial charge in [0.1, 0.15) is 5.01 Å². The number of hydrogen-bond donors (Lipinski definition) is 1. The first-order valence-electron chi connectivity index (χ1n) is 5.76. The predicted molar refractivity (Wildman–Crippen MR) is 62.1 cm³/mol.